The van der Waals surface area contributed by atoms with Crippen molar-refractivity contribution in [1.29, 1.82) is 0 Å². The highest BCUT2D eigenvalue weighted by Gasteiger charge is 2.30. The number of ether oxygens (including phenoxy) is 4. The van der Waals surface area contributed by atoms with Gasteiger partial charge in [0.05, 0.1) is 26.4 Å². The number of hydrogen-bond acceptors (Lipinski definition) is 15. The maximum atomic E-state index is 13.1. The van der Waals surface area contributed by atoms with Gasteiger partial charge in [0, 0.05) is 25.7 Å². The molecule has 0 saturated carbocycles. The zero-order valence-corrected chi connectivity index (χ0v) is 63.4. The van der Waals surface area contributed by atoms with Crippen molar-refractivity contribution in [2.24, 2.45) is 0 Å². The predicted molar refractivity (Wildman–Crippen MR) is 386 cm³/mol. The lowest BCUT2D eigenvalue weighted by Gasteiger charge is -2.21. The monoisotopic (exact) mass is 1400 g/mol. The van der Waals surface area contributed by atoms with Crippen molar-refractivity contribution >= 4 is 39.5 Å². The standard InChI is InChI=1S/C76H148O17P2/c1-5-9-13-17-21-23-25-27-29-31-33-34-35-37-39-41-43-45-47-51-55-59-63-76(81)93-72(67-87-74(79)61-57-53-50-46-44-42-40-38-36-32-30-28-26-24-22-18-14-10-6-2)69-91-95(84,85)89-65-70(77)64-88-94(82,83)90-68-71(92-75(80)62-58-54-49-20-16-12-8-4)66-86-73(78)60-56-52-48-19-15-11-7-3/h70-72,77H,5-69H2,1-4H3,(H,82,83)(H,84,85)/t70-,71+,72+/m0/s1. The highest BCUT2D eigenvalue weighted by atomic mass is 31.2. The summed E-state index contributed by atoms with van der Waals surface area (Å²) < 4.78 is 68.2. The van der Waals surface area contributed by atoms with E-state index in [-0.39, 0.29) is 25.7 Å². The van der Waals surface area contributed by atoms with E-state index >= 15 is 0 Å². The van der Waals surface area contributed by atoms with Crippen LogP contribution in [0.3, 0.4) is 0 Å². The smallest absolute Gasteiger partial charge is 0.462 e. The summed E-state index contributed by atoms with van der Waals surface area (Å²) in [4.78, 5) is 72.4. The maximum Gasteiger partial charge on any atom is 0.472 e. The normalized spacial score (nSPS) is 13.9. The van der Waals surface area contributed by atoms with Crippen LogP contribution in [0.1, 0.15) is 407 Å². The number of phosphoric ester groups is 2. The Bertz CT molecular complexity index is 1810. The number of phosphoric acid groups is 2. The van der Waals surface area contributed by atoms with Gasteiger partial charge >= 0.3 is 39.5 Å². The SMILES string of the molecule is CCCCCCCCCCCCCCCCCCCCCCCCC(=O)O[C@H](COC(=O)CCCCCCCCCCCCCCCCCCCCC)COP(=O)(O)OC[C@@H](O)COP(=O)(O)OC[C@@H](COC(=O)CCCCCCCCC)OC(=O)CCCCCCCCC. The minimum Gasteiger partial charge on any atom is -0.462 e. The third kappa shape index (κ3) is 70.3. The van der Waals surface area contributed by atoms with Gasteiger partial charge in [-0.25, -0.2) is 9.13 Å². The maximum absolute atomic E-state index is 13.1. The van der Waals surface area contributed by atoms with Crippen LogP contribution < -0.4 is 0 Å². The summed E-state index contributed by atoms with van der Waals surface area (Å²) in [5.41, 5.74) is 0. The summed E-state index contributed by atoms with van der Waals surface area (Å²) in [6.07, 6.45) is 61.7. The molecule has 0 radical (unpaired) electrons. The number of hydrogen-bond donors (Lipinski definition) is 3. The van der Waals surface area contributed by atoms with Crippen LogP contribution >= 0.6 is 15.6 Å². The Morgan fingerprint density at radius 3 is 0.621 bits per heavy atom. The number of carbonyl (C=O) groups is 4. The van der Waals surface area contributed by atoms with E-state index in [9.17, 15) is 43.2 Å². The molecule has 0 saturated heterocycles. The average molecular weight is 1400 g/mol. The molecule has 0 spiro atoms. The Morgan fingerprint density at radius 2 is 0.421 bits per heavy atom. The number of esters is 4. The topological polar surface area (TPSA) is 237 Å². The van der Waals surface area contributed by atoms with Crippen LogP contribution in [0.25, 0.3) is 0 Å². The summed E-state index contributed by atoms with van der Waals surface area (Å²) in [6.45, 7) is 4.89. The molecule has 0 heterocycles. The molecule has 17 nitrogen and oxygen atoms in total. The van der Waals surface area contributed by atoms with Gasteiger partial charge in [-0.05, 0) is 25.7 Å². The van der Waals surface area contributed by atoms with Gasteiger partial charge in [-0.15, -0.1) is 0 Å². The molecule has 0 aromatic carbocycles. The van der Waals surface area contributed by atoms with Crippen LogP contribution in [0.4, 0.5) is 0 Å². The van der Waals surface area contributed by atoms with Crippen molar-refractivity contribution in [3.8, 4) is 0 Å². The van der Waals surface area contributed by atoms with E-state index in [4.69, 9.17) is 37.0 Å². The molecule has 5 atom stereocenters. The zero-order chi connectivity index (χ0) is 69.7. The predicted octanol–water partition coefficient (Wildman–Crippen LogP) is 22.6. The first-order valence-corrected chi connectivity index (χ1v) is 42.8. The molecule has 0 bridgehead atoms. The van der Waals surface area contributed by atoms with Crippen LogP contribution in [-0.2, 0) is 65.4 Å². The van der Waals surface area contributed by atoms with Crippen molar-refractivity contribution in [3.05, 3.63) is 0 Å². The number of carbonyl (C=O) groups excluding carboxylic acids is 4. The van der Waals surface area contributed by atoms with E-state index in [1.807, 2.05) is 0 Å². The number of aliphatic hydroxyl groups is 1. The van der Waals surface area contributed by atoms with Crippen LogP contribution in [0, 0.1) is 0 Å². The van der Waals surface area contributed by atoms with Gasteiger partial charge in [-0.3, -0.25) is 37.3 Å². The van der Waals surface area contributed by atoms with Crippen molar-refractivity contribution in [2.75, 3.05) is 39.6 Å². The van der Waals surface area contributed by atoms with Crippen molar-refractivity contribution in [3.63, 3.8) is 0 Å². The Hall–Kier alpha value is -1.94. The van der Waals surface area contributed by atoms with Gasteiger partial charge < -0.3 is 33.8 Å². The molecule has 0 fully saturated rings. The van der Waals surface area contributed by atoms with Crippen LogP contribution in [-0.4, -0.2) is 96.7 Å². The fourth-order valence-corrected chi connectivity index (χ4v) is 13.3. The molecule has 0 aliphatic carbocycles. The first-order chi connectivity index (χ1) is 46.2. The highest BCUT2D eigenvalue weighted by Crippen LogP contribution is 2.45. The fraction of sp³-hybridized carbons (Fsp3) is 0.947. The molecule has 0 aliphatic rings. The Morgan fingerprint density at radius 1 is 0.253 bits per heavy atom. The van der Waals surface area contributed by atoms with E-state index in [1.165, 1.54) is 212 Å². The first kappa shape index (κ1) is 93.1. The van der Waals surface area contributed by atoms with E-state index in [0.29, 0.717) is 25.7 Å². The molecule has 2 unspecified atom stereocenters. The quantitative estimate of drug-likeness (QED) is 0.0222. The summed E-state index contributed by atoms with van der Waals surface area (Å²) in [6, 6.07) is 0. The summed E-state index contributed by atoms with van der Waals surface area (Å²) >= 11 is 0. The average Bonchev–Trinajstić information content (AvgIpc) is 2.18. The number of unbranched alkanes of at least 4 members (excludes halogenated alkanes) is 51. The molecule has 564 valence electrons. The fourth-order valence-electron chi connectivity index (χ4n) is 11.8. The third-order valence-electron chi connectivity index (χ3n) is 17.9. The lowest BCUT2D eigenvalue weighted by molar-refractivity contribution is -0.161. The molecular weight excluding hydrogens is 1250 g/mol. The van der Waals surface area contributed by atoms with Gasteiger partial charge in [-0.1, -0.05) is 355 Å². The number of aliphatic hydroxyl groups excluding tert-OH is 1. The van der Waals surface area contributed by atoms with Gasteiger partial charge in [0.2, 0.25) is 0 Å². The molecule has 0 aromatic heterocycles. The Labute approximate surface area is 581 Å². The second-order valence-electron chi connectivity index (χ2n) is 27.4. The zero-order valence-electron chi connectivity index (χ0n) is 61.6. The molecule has 0 aliphatic heterocycles. The van der Waals surface area contributed by atoms with E-state index < -0.39 is 97.5 Å². The Balaban J connectivity index is 5.08. The minimum absolute atomic E-state index is 0.104. The van der Waals surface area contributed by atoms with E-state index in [2.05, 4.69) is 27.7 Å². The van der Waals surface area contributed by atoms with E-state index in [0.717, 1.165) is 116 Å². The van der Waals surface area contributed by atoms with Gasteiger partial charge in [0.1, 0.15) is 19.3 Å². The molecule has 0 amide bonds. The lowest BCUT2D eigenvalue weighted by Crippen LogP contribution is -2.30. The van der Waals surface area contributed by atoms with Crippen molar-refractivity contribution < 1.29 is 80.2 Å². The Kier molecular flexibility index (Phi) is 69.1. The van der Waals surface area contributed by atoms with Crippen molar-refractivity contribution in [2.45, 2.75) is 425 Å². The number of rotatable bonds is 77. The first-order valence-electron chi connectivity index (χ1n) is 39.8. The van der Waals surface area contributed by atoms with Gasteiger partial charge in [0.25, 0.3) is 0 Å². The largest absolute Gasteiger partial charge is 0.472 e. The molecule has 19 heteroatoms. The van der Waals surface area contributed by atoms with Crippen LogP contribution in [0.5, 0.6) is 0 Å². The minimum atomic E-state index is -4.95. The molecule has 95 heavy (non-hydrogen) atoms. The lowest BCUT2D eigenvalue weighted by atomic mass is 10.0. The summed E-state index contributed by atoms with van der Waals surface area (Å²) in [5, 5.41) is 10.6. The van der Waals surface area contributed by atoms with Crippen LogP contribution in [0.15, 0.2) is 0 Å². The van der Waals surface area contributed by atoms with Crippen molar-refractivity contribution in [1.82, 2.24) is 0 Å². The summed E-state index contributed by atoms with van der Waals surface area (Å²) in [7, 11) is -9.89. The van der Waals surface area contributed by atoms with Gasteiger partial charge in [-0.2, -0.15) is 0 Å². The third-order valence-corrected chi connectivity index (χ3v) is 19.8. The molecule has 0 aromatic rings. The van der Waals surface area contributed by atoms with Gasteiger partial charge in [0.15, 0.2) is 12.2 Å². The van der Waals surface area contributed by atoms with Crippen LogP contribution in [0.2, 0.25) is 0 Å². The molecule has 0 rings (SSSR count). The second kappa shape index (κ2) is 70.5. The highest BCUT2D eigenvalue weighted by molar-refractivity contribution is 7.47. The summed E-state index contributed by atoms with van der Waals surface area (Å²) in [5.74, 6) is -2.12. The van der Waals surface area contributed by atoms with E-state index in [1.54, 1.807) is 0 Å². The molecule has 3 N–H and O–H groups in total. The second-order valence-corrected chi connectivity index (χ2v) is 30.3. The molecular formula is C76H148O17P2.